The van der Waals surface area contributed by atoms with Gasteiger partial charge in [-0.25, -0.2) is 4.79 Å². The van der Waals surface area contributed by atoms with Crippen LogP contribution in [-0.4, -0.2) is 35.6 Å². The fourth-order valence-electron chi connectivity index (χ4n) is 4.06. The molecule has 0 radical (unpaired) electrons. The van der Waals surface area contributed by atoms with E-state index in [-0.39, 0.29) is 11.0 Å². The van der Waals surface area contributed by atoms with Crippen LogP contribution in [0.5, 0.6) is 0 Å². The molecule has 2 aliphatic rings. The molecule has 2 aromatic rings. The molecule has 1 saturated heterocycles. The summed E-state index contributed by atoms with van der Waals surface area (Å²) in [5, 5.41) is 8.92. The van der Waals surface area contributed by atoms with Gasteiger partial charge in [0.2, 0.25) is 0 Å². The summed E-state index contributed by atoms with van der Waals surface area (Å²) in [5.41, 5.74) is 5.00. The van der Waals surface area contributed by atoms with Crippen LogP contribution in [-0.2, 0) is 15.1 Å². The zero-order valence-electron chi connectivity index (χ0n) is 18.8. The van der Waals surface area contributed by atoms with Crippen molar-refractivity contribution in [1.29, 1.82) is 0 Å². The molecule has 1 N–H and O–H groups in total. The van der Waals surface area contributed by atoms with Crippen LogP contribution in [0.2, 0.25) is 0 Å². The third kappa shape index (κ3) is 4.90. The SMILES string of the molecule is Cc1ccccc1NC(=O)ON1CCC2(CC1)CC(c1ccc(C(C)(C)C)cc1)=NO2. The number of nitrogens with one attached hydrogen (secondary N) is 1. The van der Waals surface area contributed by atoms with Crippen LogP contribution in [0, 0.1) is 6.92 Å². The van der Waals surface area contributed by atoms with Crippen molar-refractivity contribution in [3.05, 3.63) is 65.2 Å². The first-order valence-electron chi connectivity index (χ1n) is 10.9. The average Bonchev–Trinajstić information content (AvgIpc) is 3.15. The van der Waals surface area contributed by atoms with Crippen LogP contribution in [0.25, 0.3) is 0 Å². The first kappa shape index (κ1) is 21.4. The summed E-state index contributed by atoms with van der Waals surface area (Å²) in [4.78, 5) is 23.7. The average molecular weight is 422 g/mol. The molecule has 0 aliphatic carbocycles. The molecule has 0 saturated carbocycles. The third-order valence-corrected chi connectivity index (χ3v) is 6.15. The predicted molar refractivity (Wildman–Crippen MR) is 122 cm³/mol. The summed E-state index contributed by atoms with van der Waals surface area (Å²) in [6, 6.07) is 16.3. The Balaban J connectivity index is 1.29. The molecular weight excluding hydrogens is 390 g/mol. The Hall–Kier alpha value is -2.86. The highest BCUT2D eigenvalue weighted by molar-refractivity contribution is 6.01. The molecule has 4 rings (SSSR count). The summed E-state index contributed by atoms with van der Waals surface area (Å²) in [5.74, 6) is 0. The molecule has 0 unspecified atom stereocenters. The van der Waals surface area contributed by atoms with Crippen molar-refractivity contribution in [2.45, 2.75) is 58.0 Å². The number of piperidine rings is 1. The van der Waals surface area contributed by atoms with Gasteiger partial charge >= 0.3 is 6.09 Å². The van der Waals surface area contributed by atoms with Gasteiger partial charge in [0, 0.05) is 38.0 Å². The zero-order valence-corrected chi connectivity index (χ0v) is 18.8. The standard InChI is InChI=1S/C25H31N3O3/c1-18-7-5-6-8-21(18)26-23(29)30-28-15-13-25(14-16-28)17-22(27-31-25)19-9-11-20(12-10-19)24(2,3)4/h5-12H,13-17H2,1-4H3,(H,26,29). The number of benzene rings is 2. The van der Waals surface area contributed by atoms with Crippen molar-refractivity contribution in [2.24, 2.45) is 5.16 Å². The lowest BCUT2D eigenvalue weighted by atomic mass is 9.84. The van der Waals surface area contributed by atoms with Gasteiger partial charge in [-0.3, -0.25) is 5.32 Å². The largest absolute Gasteiger partial charge is 0.430 e. The van der Waals surface area contributed by atoms with Crippen molar-refractivity contribution in [1.82, 2.24) is 5.06 Å². The van der Waals surface area contributed by atoms with Crippen LogP contribution in [0.3, 0.4) is 0 Å². The van der Waals surface area contributed by atoms with Crippen LogP contribution < -0.4 is 5.32 Å². The van der Waals surface area contributed by atoms with Gasteiger partial charge in [-0.05, 0) is 35.1 Å². The third-order valence-electron chi connectivity index (χ3n) is 6.15. The van der Waals surface area contributed by atoms with Crippen LogP contribution in [0.15, 0.2) is 53.7 Å². The second-order valence-corrected chi connectivity index (χ2v) is 9.56. The molecule has 1 fully saturated rings. The highest BCUT2D eigenvalue weighted by Crippen LogP contribution is 2.36. The lowest BCUT2D eigenvalue weighted by Gasteiger charge is -2.35. The van der Waals surface area contributed by atoms with E-state index in [1.165, 1.54) is 5.56 Å². The number of aryl methyl sites for hydroxylation is 1. The molecule has 6 heteroatoms. The second-order valence-electron chi connectivity index (χ2n) is 9.56. The summed E-state index contributed by atoms with van der Waals surface area (Å²) in [7, 11) is 0. The minimum absolute atomic E-state index is 0.131. The molecule has 2 aliphatic heterocycles. The molecular formula is C25H31N3O3. The molecule has 0 aromatic heterocycles. The topological polar surface area (TPSA) is 63.2 Å². The lowest BCUT2D eigenvalue weighted by Crippen LogP contribution is -2.45. The van der Waals surface area contributed by atoms with Gasteiger partial charge in [0.25, 0.3) is 0 Å². The molecule has 0 bridgehead atoms. The van der Waals surface area contributed by atoms with Crippen LogP contribution in [0.1, 0.15) is 56.7 Å². The van der Waals surface area contributed by atoms with E-state index in [2.05, 4.69) is 55.5 Å². The van der Waals surface area contributed by atoms with Gasteiger partial charge < -0.3 is 9.68 Å². The number of hydrogen-bond donors (Lipinski definition) is 1. The van der Waals surface area contributed by atoms with Crippen molar-refractivity contribution in [3.8, 4) is 0 Å². The fraction of sp³-hybridized carbons (Fsp3) is 0.440. The Bertz CT molecular complexity index is 968. The molecule has 2 aromatic carbocycles. The number of amides is 1. The van der Waals surface area contributed by atoms with Gasteiger partial charge in [-0.2, -0.15) is 0 Å². The van der Waals surface area contributed by atoms with Crippen LogP contribution >= 0.6 is 0 Å². The van der Waals surface area contributed by atoms with E-state index in [9.17, 15) is 4.79 Å². The number of nitrogens with zero attached hydrogens (tertiary/aromatic N) is 2. The monoisotopic (exact) mass is 421 g/mol. The van der Waals surface area contributed by atoms with E-state index < -0.39 is 6.09 Å². The number of oxime groups is 1. The molecule has 6 nitrogen and oxygen atoms in total. The summed E-state index contributed by atoms with van der Waals surface area (Å²) in [6.07, 6.45) is 1.84. The molecule has 0 atom stereocenters. The van der Waals surface area contributed by atoms with E-state index in [0.29, 0.717) is 13.1 Å². The van der Waals surface area contributed by atoms with E-state index in [1.807, 2.05) is 31.2 Å². The van der Waals surface area contributed by atoms with Crippen LogP contribution in [0.4, 0.5) is 10.5 Å². The fourth-order valence-corrected chi connectivity index (χ4v) is 4.06. The number of carbonyl (C=O) groups is 1. The van der Waals surface area contributed by atoms with Crippen molar-refractivity contribution in [2.75, 3.05) is 18.4 Å². The highest BCUT2D eigenvalue weighted by Gasteiger charge is 2.43. The van der Waals surface area contributed by atoms with E-state index in [4.69, 9.17) is 9.68 Å². The predicted octanol–water partition coefficient (Wildman–Crippen LogP) is 5.42. The van der Waals surface area contributed by atoms with Gasteiger partial charge in [0.1, 0.15) is 5.60 Å². The van der Waals surface area contributed by atoms with E-state index in [1.54, 1.807) is 5.06 Å². The maximum absolute atomic E-state index is 12.3. The quantitative estimate of drug-likeness (QED) is 0.719. The second kappa shape index (κ2) is 8.35. The molecule has 31 heavy (non-hydrogen) atoms. The van der Waals surface area contributed by atoms with Crippen molar-refractivity contribution >= 4 is 17.5 Å². The number of hydroxylamine groups is 2. The number of rotatable bonds is 3. The lowest BCUT2D eigenvalue weighted by molar-refractivity contribution is -0.154. The maximum atomic E-state index is 12.3. The number of anilines is 1. The first-order valence-corrected chi connectivity index (χ1v) is 10.9. The van der Waals surface area contributed by atoms with E-state index >= 15 is 0 Å². The molecule has 2 heterocycles. The maximum Gasteiger partial charge on any atom is 0.430 e. The van der Waals surface area contributed by atoms with Gasteiger partial charge in [0.05, 0.1) is 5.71 Å². The normalized spacial score (nSPS) is 18.4. The molecule has 164 valence electrons. The minimum Gasteiger partial charge on any atom is -0.388 e. The summed E-state index contributed by atoms with van der Waals surface area (Å²) < 4.78 is 0. The Morgan fingerprint density at radius 1 is 1.10 bits per heavy atom. The number of para-hydroxylation sites is 1. The Morgan fingerprint density at radius 3 is 2.42 bits per heavy atom. The Labute approximate surface area is 184 Å². The Kier molecular flexibility index (Phi) is 5.75. The zero-order chi connectivity index (χ0) is 22.1. The molecule has 1 amide bonds. The number of hydrogen-bond acceptors (Lipinski definition) is 5. The van der Waals surface area contributed by atoms with E-state index in [0.717, 1.165) is 41.8 Å². The van der Waals surface area contributed by atoms with Crippen molar-refractivity contribution < 1.29 is 14.5 Å². The smallest absolute Gasteiger partial charge is 0.388 e. The molecule has 1 spiro atoms. The highest BCUT2D eigenvalue weighted by atomic mass is 16.7. The van der Waals surface area contributed by atoms with Gasteiger partial charge in [0.15, 0.2) is 0 Å². The summed E-state index contributed by atoms with van der Waals surface area (Å²) >= 11 is 0. The first-order chi connectivity index (χ1) is 14.7. The van der Waals surface area contributed by atoms with Crippen molar-refractivity contribution in [3.63, 3.8) is 0 Å². The minimum atomic E-state index is -0.464. The number of carbonyl (C=O) groups excluding carboxylic acids is 1. The summed E-state index contributed by atoms with van der Waals surface area (Å²) in [6.45, 7) is 9.82. The Morgan fingerprint density at radius 2 is 1.77 bits per heavy atom. The van der Waals surface area contributed by atoms with Gasteiger partial charge in [-0.1, -0.05) is 68.4 Å². The van der Waals surface area contributed by atoms with Gasteiger partial charge in [-0.15, -0.1) is 5.06 Å².